The summed E-state index contributed by atoms with van der Waals surface area (Å²) in [6.07, 6.45) is -2.24. The molecule has 2 N–H and O–H groups in total. The Balaban J connectivity index is 3.35. The lowest BCUT2D eigenvalue weighted by molar-refractivity contribution is -0.182. The van der Waals surface area contributed by atoms with Crippen LogP contribution in [-0.4, -0.2) is 54.3 Å². The van der Waals surface area contributed by atoms with E-state index < -0.39 is 38.9 Å². The highest BCUT2D eigenvalue weighted by Crippen LogP contribution is 2.29. The monoisotopic (exact) mass is 360 g/mol. The molecule has 0 saturated heterocycles. The minimum absolute atomic E-state index is 0.0877. The number of sulfone groups is 1. The Labute approximate surface area is 139 Å². The molecule has 0 amide bonds. The lowest BCUT2D eigenvalue weighted by atomic mass is 10.00. The Kier molecular flexibility index (Phi) is 6.47. The van der Waals surface area contributed by atoms with Crippen LogP contribution in [0.5, 0.6) is 0 Å². The molecule has 24 heavy (non-hydrogen) atoms. The summed E-state index contributed by atoms with van der Waals surface area (Å²) in [5.41, 5.74) is -4.84. The first-order chi connectivity index (χ1) is 11.0. The van der Waals surface area contributed by atoms with E-state index in [-0.39, 0.29) is 11.5 Å². The summed E-state index contributed by atoms with van der Waals surface area (Å²) in [5.74, 6) is -2.24. The smallest absolute Gasteiger partial charge is 0.338 e. The average Bonchev–Trinajstić information content (AvgIpc) is 2.52. The molecule has 0 spiro atoms. The van der Waals surface area contributed by atoms with Crippen LogP contribution in [0.4, 0.5) is 0 Å². The molecule has 1 aromatic rings. The van der Waals surface area contributed by atoms with Crippen LogP contribution in [0.15, 0.2) is 35.2 Å². The SMILES string of the molecule is CCOC(=O)[C@H](O)[C@@](C)(O)[C@H](OC(C)=O)S(=O)(=O)c1ccccc1. The van der Waals surface area contributed by atoms with E-state index in [4.69, 9.17) is 4.74 Å². The highest BCUT2D eigenvalue weighted by atomic mass is 32.2. The summed E-state index contributed by atoms with van der Waals surface area (Å²) in [4.78, 5) is 22.7. The maximum Gasteiger partial charge on any atom is 0.338 e. The van der Waals surface area contributed by atoms with Gasteiger partial charge >= 0.3 is 11.9 Å². The maximum absolute atomic E-state index is 12.7. The van der Waals surface area contributed by atoms with E-state index >= 15 is 0 Å². The van der Waals surface area contributed by atoms with Gasteiger partial charge in [0.1, 0.15) is 0 Å². The van der Waals surface area contributed by atoms with Gasteiger partial charge in [0.25, 0.3) is 0 Å². The van der Waals surface area contributed by atoms with Crippen LogP contribution in [0.2, 0.25) is 0 Å². The highest BCUT2D eigenvalue weighted by Gasteiger charge is 2.52. The van der Waals surface area contributed by atoms with Gasteiger partial charge in [0.2, 0.25) is 15.3 Å². The Hall–Kier alpha value is -1.97. The van der Waals surface area contributed by atoms with Crippen LogP contribution in [0, 0.1) is 0 Å². The zero-order valence-corrected chi connectivity index (χ0v) is 14.3. The minimum Gasteiger partial charge on any atom is -0.464 e. The van der Waals surface area contributed by atoms with E-state index in [1.54, 1.807) is 6.07 Å². The van der Waals surface area contributed by atoms with Crippen LogP contribution in [0.3, 0.4) is 0 Å². The first kappa shape index (κ1) is 20.1. The molecule has 134 valence electrons. The molecule has 0 aliphatic carbocycles. The number of ether oxygens (including phenoxy) is 2. The minimum atomic E-state index is -4.41. The molecule has 1 aromatic carbocycles. The van der Waals surface area contributed by atoms with Crippen molar-refractivity contribution in [3.8, 4) is 0 Å². The fourth-order valence-electron chi connectivity index (χ4n) is 1.97. The molecular formula is C15H20O8S. The lowest BCUT2D eigenvalue weighted by Crippen LogP contribution is -2.57. The molecule has 0 fully saturated rings. The van der Waals surface area contributed by atoms with Crippen molar-refractivity contribution in [2.75, 3.05) is 6.61 Å². The van der Waals surface area contributed by atoms with Crippen LogP contribution in [0.1, 0.15) is 20.8 Å². The first-order valence-corrected chi connectivity index (χ1v) is 8.63. The van der Waals surface area contributed by atoms with Gasteiger partial charge in [-0.3, -0.25) is 4.79 Å². The van der Waals surface area contributed by atoms with Crippen molar-refractivity contribution < 1.29 is 37.7 Å². The lowest BCUT2D eigenvalue weighted by Gasteiger charge is -2.34. The van der Waals surface area contributed by atoms with Gasteiger partial charge in [0.05, 0.1) is 11.5 Å². The number of rotatable bonds is 7. The Morgan fingerprint density at radius 2 is 1.79 bits per heavy atom. The van der Waals surface area contributed by atoms with Gasteiger partial charge in [-0.1, -0.05) is 18.2 Å². The number of carbonyl (C=O) groups excluding carboxylic acids is 2. The van der Waals surface area contributed by atoms with E-state index in [1.807, 2.05) is 0 Å². The zero-order valence-electron chi connectivity index (χ0n) is 13.5. The molecule has 9 heteroatoms. The number of esters is 2. The topological polar surface area (TPSA) is 127 Å². The van der Waals surface area contributed by atoms with Crippen molar-refractivity contribution >= 4 is 21.8 Å². The van der Waals surface area contributed by atoms with Crippen molar-refractivity contribution in [1.29, 1.82) is 0 Å². The molecule has 0 bridgehead atoms. The van der Waals surface area contributed by atoms with E-state index in [0.717, 1.165) is 13.8 Å². The van der Waals surface area contributed by atoms with Crippen LogP contribution in [-0.2, 0) is 28.9 Å². The van der Waals surface area contributed by atoms with Crippen LogP contribution >= 0.6 is 0 Å². The number of hydrogen-bond acceptors (Lipinski definition) is 8. The third kappa shape index (κ3) is 4.31. The van der Waals surface area contributed by atoms with E-state index in [0.29, 0.717) is 0 Å². The van der Waals surface area contributed by atoms with Gasteiger partial charge < -0.3 is 19.7 Å². The average molecular weight is 360 g/mol. The second-order valence-corrected chi connectivity index (χ2v) is 7.17. The largest absolute Gasteiger partial charge is 0.464 e. The Bertz CT molecular complexity index is 681. The standard InChI is InChI=1S/C15H20O8S/c1-4-22-13(18)12(17)15(3,19)14(23-10(2)16)24(20,21)11-8-6-5-7-9-11/h5-9,12,14,17,19H,4H2,1-3H3/t12-,14+,15+/m0/s1. The van der Waals surface area contributed by atoms with E-state index in [1.165, 1.54) is 31.2 Å². The fourth-order valence-corrected chi connectivity index (χ4v) is 3.77. The molecule has 0 radical (unpaired) electrons. The van der Waals surface area contributed by atoms with Crippen molar-refractivity contribution in [1.82, 2.24) is 0 Å². The van der Waals surface area contributed by atoms with Crippen molar-refractivity contribution in [2.24, 2.45) is 0 Å². The zero-order chi connectivity index (χ0) is 18.5. The molecule has 3 atom stereocenters. The van der Waals surface area contributed by atoms with Gasteiger partial charge in [-0.05, 0) is 26.0 Å². The molecule has 0 aromatic heterocycles. The predicted octanol–water partition coefficient (Wildman–Crippen LogP) is 0.0245. The fraction of sp³-hybridized carbons (Fsp3) is 0.467. The highest BCUT2D eigenvalue weighted by molar-refractivity contribution is 7.92. The molecule has 0 aliphatic rings. The summed E-state index contributed by atoms with van der Waals surface area (Å²) < 4.78 is 34.7. The van der Waals surface area contributed by atoms with Gasteiger partial charge in [0, 0.05) is 6.92 Å². The number of aliphatic hydroxyl groups excluding tert-OH is 1. The predicted molar refractivity (Wildman–Crippen MR) is 82.4 cm³/mol. The van der Waals surface area contributed by atoms with Gasteiger partial charge in [0.15, 0.2) is 11.7 Å². The summed E-state index contributed by atoms with van der Waals surface area (Å²) in [7, 11) is -4.41. The third-order valence-corrected chi connectivity index (χ3v) is 5.23. The number of benzene rings is 1. The number of aliphatic hydroxyl groups is 2. The normalized spacial score (nSPS) is 16.5. The van der Waals surface area contributed by atoms with Crippen molar-refractivity contribution in [3.05, 3.63) is 30.3 Å². The van der Waals surface area contributed by atoms with Crippen molar-refractivity contribution in [3.63, 3.8) is 0 Å². The number of carbonyl (C=O) groups is 2. The van der Waals surface area contributed by atoms with Gasteiger partial charge in [-0.15, -0.1) is 0 Å². The third-order valence-electron chi connectivity index (χ3n) is 3.17. The first-order valence-electron chi connectivity index (χ1n) is 7.08. The van der Waals surface area contributed by atoms with E-state index in [2.05, 4.69) is 4.74 Å². The molecular weight excluding hydrogens is 340 g/mol. The molecule has 8 nitrogen and oxygen atoms in total. The Morgan fingerprint density at radius 3 is 2.25 bits per heavy atom. The second-order valence-electron chi connectivity index (χ2n) is 5.18. The van der Waals surface area contributed by atoms with Crippen LogP contribution in [0.25, 0.3) is 0 Å². The van der Waals surface area contributed by atoms with Crippen molar-refractivity contribution in [2.45, 2.75) is 42.8 Å². The van der Waals surface area contributed by atoms with Crippen LogP contribution < -0.4 is 0 Å². The van der Waals surface area contributed by atoms with E-state index in [9.17, 15) is 28.2 Å². The maximum atomic E-state index is 12.7. The molecule has 1 rings (SSSR count). The second kappa shape index (κ2) is 7.73. The molecule has 0 unspecified atom stereocenters. The van der Waals surface area contributed by atoms with Gasteiger partial charge in [-0.2, -0.15) is 0 Å². The summed E-state index contributed by atoms with van der Waals surface area (Å²) >= 11 is 0. The molecule has 0 aliphatic heterocycles. The number of hydrogen-bond donors (Lipinski definition) is 2. The summed E-state index contributed by atoms with van der Waals surface area (Å²) in [5, 5.41) is 20.5. The molecule has 0 saturated carbocycles. The van der Waals surface area contributed by atoms with Gasteiger partial charge in [-0.25, -0.2) is 13.2 Å². The quantitative estimate of drug-likeness (QED) is 0.652. The molecule has 0 heterocycles. The Morgan fingerprint density at radius 1 is 1.25 bits per heavy atom. The summed E-state index contributed by atoms with van der Waals surface area (Å²) in [6, 6.07) is 6.92. The summed E-state index contributed by atoms with van der Waals surface area (Å²) in [6.45, 7) is 3.21.